The van der Waals surface area contributed by atoms with Crippen molar-refractivity contribution >= 4 is 36.0 Å². The van der Waals surface area contributed by atoms with Gasteiger partial charge in [0.15, 0.2) is 0 Å². The van der Waals surface area contributed by atoms with Crippen LogP contribution in [0.15, 0.2) is 56.7 Å². The summed E-state index contributed by atoms with van der Waals surface area (Å²) in [6.45, 7) is 3.08. The Morgan fingerprint density at radius 3 is 2.62 bits per heavy atom. The average Bonchev–Trinajstić information content (AvgIpc) is 2.80. The lowest BCUT2D eigenvalue weighted by molar-refractivity contribution is 0.0903. The zero-order valence-corrected chi connectivity index (χ0v) is 22.6. The number of nitrogens with zero attached hydrogens (tertiary/aromatic N) is 2. The Balaban J connectivity index is 2.02. The molecule has 2 aromatic rings. The van der Waals surface area contributed by atoms with E-state index >= 15 is 0 Å². The number of aliphatic hydroxyl groups is 1. The summed E-state index contributed by atoms with van der Waals surface area (Å²) in [5.41, 5.74) is 0. The van der Waals surface area contributed by atoms with Crippen molar-refractivity contribution in [3.8, 4) is 11.5 Å². The number of hydrogen-bond acceptors (Lipinski definition) is 7. The zero-order valence-electron chi connectivity index (χ0n) is 19.4. The smallest absolute Gasteiger partial charge is 0.247 e. The molecular formula is C22H29BrN2O7S2. The van der Waals surface area contributed by atoms with Crippen molar-refractivity contribution in [1.29, 1.82) is 0 Å². The van der Waals surface area contributed by atoms with Crippen LogP contribution in [0.1, 0.15) is 13.8 Å². The van der Waals surface area contributed by atoms with Crippen LogP contribution in [-0.4, -0.2) is 76.6 Å². The van der Waals surface area contributed by atoms with Crippen molar-refractivity contribution in [2.45, 2.75) is 35.8 Å². The Hall–Kier alpha value is -1.70. The second-order valence-electron chi connectivity index (χ2n) is 8.27. The van der Waals surface area contributed by atoms with Crippen LogP contribution in [0.4, 0.5) is 0 Å². The number of likely N-dealkylation sites (N-methyl/N-ethyl adjacent to an activating group) is 1. The van der Waals surface area contributed by atoms with Crippen molar-refractivity contribution in [2.24, 2.45) is 5.92 Å². The van der Waals surface area contributed by atoms with Crippen molar-refractivity contribution < 1.29 is 31.4 Å². The van der Waals surface area contributed by atoms with Gasteiger partial charge in [0.1, 0.15) is 27.4 Å². The molecule has 188 valence electrons. The molecule has 12 heteroatoms. The van der Waals surface area contributed by atoms with Crippen LogP contribution in [0.3, 0.4) is 0 Å². The fraction of sp³-hybridized carbons (Fsp3) is 0.455. The van der Waals surface area contributed by atoms with Crippen LogP contribution in [0, 0.1) is 5.92 Å². The summed E-state index contributed by atoms with van der Waals surface area (Å²) in [4.78, 5) is -0.0112. The molecular weight excluding hydrogens is 548 g/mol. The molecule has 0 fully saturated rings. The van der Waals surface area contributed by atoms with E-state index in [0.717, 1.165) is 0 Å². The lowest BCUT2D eigenvalue weighted by Crippen LogP contribution is -2.50. The van der Waals surface area contributed by atoms with Gasteiger partial charge in [-0.1, -0.05) is 35.0 Å². The minimum absolute atomic E-state index is 0.0275. The fourth-order valence-electron chi connectivity index (χ4n) is 3.77. The third-order valence-electron chi connectivity index (χ3n) is 5.82. The maximum Gasteiger partial charge on any atom is 0.247 e. The molecule has 3 rings (SSSR count). The van der Waals surface area contributed by atoms with E-state index in [0.29, 0.717) is 4.47 Å². The van der Waals surface area contributed by atoms with Gasteiger partial charge in [0.2, 0.25) is 20.0 Å². The van der Waals surface area contributed by atoms with Crippen molar-refractivity contribution in [2.75, 3.05) is 33.9 Å². The number of hydrogen-bond donors (Lipinski definition) is 1. The number of fused-ring (bicyclic) bond motifs is 1. The van der Waals surface area contributed by atoms with Crippen LogP contribution in [0.2, 0.25) is 0 Å². The number of para-hydroxylation sites is 1. The number of rotatable bonds is 7. The summed E-state index contributed by atoms with van der Waals surface area (Å²) >= 11 is 3.35. The van der Waals surface area contributed by atoms with E-state index in [4.69, 9.17) is 9.47 Å². The lowest BCUT2D eigenvalue weighted by atomic mass is 10.0. The number of aliphatic hydroxyl groups excluding tert-OH is 1. The molecule has 0 aliphatic carbocycles. The highest BCUT2D eigenvalue weighted by molar-refractivity contribution is 9.10. The summed E-state index contributed by atoms with van der Waals surface area (Å²) < 4.78 is 67.8. The van der Waals surface area contributed by atoms with Crippen molar-refractivity contribution in [1.82, 2.24) is 8.61 Å². The van der Waals surface area contributed by atoms with Gasteiger partial charge < -0.3 is 14.6 Å². The first-order valence-electron chi connectivity index (χ1n) is 10.6. The second kappa shape index (κ2) is 10.5. The molecule has 1 heterocycles. The van der Waals surface area contributed by atoms with E-state index in [-0.39, 0.29) is 41.0 Å². The summed E-state index contributed by atoms with van der Waals surface area (Å²) in [5, 5.41) is 9.71. The van der Waals surface area contributed by atoms with Crippen LogP contribution < -0.4 is 9.47 Å². The Morgan fingerprint density at radius 1 is 1.29 bits per heavy atom. The summed E-state index contributed by atoms with van der Waals surface area (Å²) in [6.07, 6.45) is -0.675. The van der Waals surface area contributed by atoms with Gasteiger partial charge >= 0.3 is 0 Å². The van der Waals surface area contributed by atoms with Crippen LogP contribution in [0.5, 0.6) is 11.5 Å². The third kappa shape index (κ3) is 5.26. The predicted molar refractivity (Wildman–Crippen MR) is 131 cm³/mol. The quantitative estimate of drug-likeness (QED) is 0.538. The molecule has 0 radical (unpaired) electrons. The normalized spacial score (nSPS) is 21.7. The molecule has 9 nitrogen and oxygen atoms in total. The average molecular weight is 578 g/mol. The Morgan fingerprint density at radius 2 is 1.97 bits per heavy atom. The van der Waals surface area contributed by atoms with E-state index in [1.54, 1.807) is 44.2 Å². The highest BCUT2D eigenvalue weighted by Gasteiger charge is 2.39. The van der Waals surface area contributed by atoms with E-state index in [1.807, 2.05) is 0 Å². The molecule has 0 saturated heterocycles. The molecule has 0 unspecified atom stereocenters. The Kier molecular flexibility index (Phi) is 8.31. The predicted octanol–water partition coefficient (Wildman–Crippen LogP) is 2.55. The van der Waals surface area contributed by atoms with E-state index < -0.39 is 38.1 Å². The molecule has 0 amide bonds. The minimum atomic E-state index is -3.96. The van der Waals surface area contributed by atoms with Crippen LogP contribution in [-0.2, 0) is 20.0 Å². The molecule has 1 aliphatic heterocycles. The van der Waals surface area contributed by atoms with Gasteiger partial charge in [-0.3, -0.25) is 0 Å². The van der Waals surface area contributed by atoms with Gasteiger partial charge in [-0.05, 0) is 37.3 Å². The molecule has 0 saturated carbocycles. The largest absolute Gasteiger partial charge is 0.495 e. The van der Waals surface area contributed by atoms with E-state index in [1.165, 1.54) is 34.9 Å². The van der Waals surface area contributed by atoms with Gasteiger partial charge in [-0.15, -0.1) is 0 Å². The van der Waals surface area contributed by atoms with E-state index in [9.17, 15) is 21.9 Å². The second-order valence-corrected chi connectivity index (χ2v) is 13.1. The SMILES string of the molecule is COc1ccccc1S(=O)(=O)N(C)C[C@H]1Oc2cc(Br)ccc2S(=O)(=O)N([C@@H](C)CO)C[C@H]1C. The number of halogens is 1. The van der Waals surface area contributed by atoms with Crippen molar-refractivity contribution in [3.05, 3.63) is 46.9 Å². The third-order valence-corrected chi connectivity index (χ3v) is 10.2. The summed E-state index contributed by atoms with van der Waals surface area (Å²) in [6, 6.07) is 10.3. The summed E-state index contributed by atoms with van der Waals surface area (Å²) in [7, 11) is -5.03. The maximum atomic E-state index is 13.4. The van der Waals surface area contributed by atoms with Gasteiger partial charge in [-0.2, -0.15) is 8.61 Å². The first-order chi connectivity index (χ1) is 15.9. The molecule has 0 aromatic heterocycles. The molecule has 34 heavy (non-hydrogen) atoms. The first-order valence-corrected chi connectivity index (χ1v) is 14.3. The Labute approximate surface area is 209 Å². The van der Waals surface area contributed by atoms with Gasteiger partial charge in [0.05, 0.1) is 20.3 Å². The zero-order chi connectivity index (χ0) is 25.3. The minimum Gasteiger partial charge on any atom is -0.495 e. The summed E-state index contributed by atoms with van der Waals surface area (Å²) in [5.74, 6) is -0.0559. The van der Waals surface area contributed by atoms with Crippen molar-refractivity contribution in [3.63, 3.8) is 0 Å². The van der Waals surface area contributed by atoms with Gasteiger partial charge in [0, 0.05) is 30.0 Å². The Bertz CT molecular complexity index is 1240. The van der Waals surface area contributed by atoms with Crippen LogP contribution in [0.25, 0.3) is 0 Å². The lowest BCUT2D eigenvalue weighted by Gasteiger charge is -2.37. The molecule has 1 N–H and O–H groups in total. The number of sulfonamides is 2. The highest BCUT2D eigenvalue weighted by atomic mass is 79.9. The molecule has 0 spiro atoms. The van der Waals surface area contributed by atoms with Gasteiger partial charge in [-0.25, -0.2) is 16.8 Å². The standard InChI is InChI=1S/C22H29BrN2O7S2/c1-15-12-25(16(2)14-26)34(29,30)22-10-9-17(23)11-19(22)32-20(15)13-24(3)33(27,28)21-8-6-5-7-18(21)31-4/h5-11,15-16,20,26H,12-14H2,1-4H3/t15-,16+,20-/m1/s1. The van der Waals surface area contributed by atoms with Gasteiger partial charge in [0.25, 0.3) is 0 Å². The topological polar surface area (TPSA) is 113 Å². The monoisotopic (exact) mass is 576 g/mol. The molecule has 3 atom stereocenters. The number of benzene rings is 2. The molecule has 2 aromatic carbocycles. The molecule has 1 aliphatic rings. The van der Waals surface area contributed by atoms with Crippen LogP contribution >= 0.6 is 15.9 Å². The first kappa shape index (κ1) is 26.9. The fourth-order valence-corrected chi connectivity index (χ4v) is 7.27. The number of methoxy groups -OCH3 is 1. The number of ether oxygens (including phenoxy) is 2. The van der Waals surface area contributed by atoms with E-state index in [2.05, 4.69) is 15.9 Å². The molecule has 0 bridgehead atoms. The highest BCUT2D eigenvalue weighted by Crippen LogP contribution is 2.36. The maximum absolute atomic E-state index is 13.4.